The fourth-order valence-corrected chi connectivity index (χ4v) is 2.36. The van der Waals surface area contributed by atoms with Crippen molar-refractivity contribution in [2.75, 3.05) is 14.1 Å². The highest BCUT2D eigenvalue weighted by Crippen LogP contribution is 2.43. The van der Waals surface area contributed by atoms with Crippen molar-refractivity contribution in [1.82, 2.24) is 4.90 Å². The van der Waals surface area contributed by atoms with Crippen LogP contribution in [0.2, 0.25) is 0 Å². The summed E-state index contributed by atoms with van der Waals surface area (Å²) in [6, 6.07) is 0. The molecule has 0 amide bonds. The Bertz CT molecular complexity index is 437. The van der Waals surface area contributed by atoms with Gasteiger partial charge < -0.3 is 10.0 Å². The van der Waals surface area contributed by atoms with Crippen molar-refractivity contribution in [3.8, 4) is 0 Å². The molecule has 1 N–H and O–H groups in total. The lowest BCUT2D eigenvalue weighted by molar-refractivity contribution is 0.343. The molecule has 1 rings (SSSR count). The molecule has 1 aliphatic rings. The largest absolute Gasteiger partial charge is 0.508 e. The van der Waals surface area contributed by atoms with E-state index >= 15 is 0 Å². The molecule has 0 aromatic carbocycles. The highest BCUT2D eigenvalue weighted by atomic mass is 16.3. The number of nitrogens with zero attached hydrogens (tertiary/aromatic N) is 1. The highest BCUT2D eigenvalue weighted by molar-refractivity contribution is 5.47. The number of aliphatic hydroxyl groups is 1. The van der Waals surface area contributed by atoms with Gasteiger partial charge in [-0.3, -0.25) is 0 Å². The van der Waals surface area contributed by atoms with Gasteiger partial charge in [-0.25, -0.2) is 0 Å². The minimum absolute atomic E-state index is 0.0136. The summed E-state index contributed by atoms with van der Waals surface area (Å²) in [6.07, 6.45) is 5.11. The lowest BCUT2D eigenvalue weighted by Crippen LogP contribution is -2.22. The predicted molar refractivity (Wildman–Crippen MR) is 83.0 cm³/mol. The van der Waals surface area contributed by atoms with E-state index in [2.05, 4.69) is 58.7 Å². The lowest BCUT2D eigenvalue weighted by Gasteiger charge is -2.33. The molecule has 2 nitrogen and oxygen atoms in total. The van der Waals surface area contributed by atoms with Crippen LogP contribution in [-0.4, -0.2) is 24.1 Å². The van der Waals surface area contributed by atoms with E-state index in [9.17, 15) is 5.11 Å². The molecular formula is C17H29NO. The molecule has 0 saturated heterocycles. The molecule has 2 heteroatoms. The maximum Gasteiger partial charge on any atom is 0.119 e. The second-order valence-corrected chi connectivity index (χ2v) is 7.73. The summed E-state index contributed by atoms with van der Waals surface area (Å²) in [7, 11) is 4.07. The first-order valence-electron chi connectivity index (χ1n) is 6.95. The zero-order valence-electron chi connectivity index (χ0n) is 13.8. The lowest BCUT2D eigenvalue weighted by atomic mass is 9.73. The van der Waals surface area contributed by atoms with Crippen LogP contribution in [0.3, 0.4) is 0 Å². The number of rotatable bonds is 1. The molecule has 0 fully saturated rings. The van der Waals surface area contributed by atoms with Gasteiger partial charge in [0.05, 0.1) is 0 Å². The molecule has 0 aromatic rings. The van der Waals surface area contributed by atoms with E-state index in [0.29, 0.717) is 5.76 Å². The van der Waals surface area contributed by atoms with Crippen molar-refractivity contribution in [3.63, 3.8) is 0 Å². The number of hydrogen-bond acceptors (Lipinski definition) is 2. The molecule has 0 atom stereocenters. The van der Waals surface area contributed by atoms with Crippen molar-refractivity contribution < 1.29 is 5.11 Å². The Morgan fingerprint density at radius 2 is 1.58 bits per heavy atom. The van der Waals surface area contributed by atoms with Crippen LogP contribution in [0.4, 0.5) is 0 Å². The standard InChI is InChI=1S/C17H29NO/c1-16(2,3)13-9-12(11-18(7)8)10-14(15(13)19)17(4,5)6/h9,11,19H,10H2,1-8H3. The second kappa shape index (κ2) is 5.07. The normalized spacial score (nSPS) is 19.8. The van der Waals surface area contributed by atoms with E-state index < -0.39 is 0 Å². The minimum atomic E-state index is -0.0492. The van der Waals surface area contributed by atoms with Gasteiger partial charge in [-0.1, -0.05) is 41.5 Å². The van der Waals surface area contributed by atoms with Gasteiger partial charge >= 0.3 is 0 Å². The Morgan fingerprint density at radius 1 is 1.05 bits per heavy atom. The Balaban J connectivity index is 3.38. The molecule has 19 heavy (non-hydrogen) atoms. The number of allylic oxidation sites excluding steroid dienone is 4. The SMILES string of the molecule is CN(C)C=C1C=C(C(C)(C)C)C(O)=C(C(C)(C)C)C1. The van der Waals surface area contributed by atoms with Gasteiger partial charge in [-0.15, -0.1) is 0 Å². The second-order valence-electron chi connectivity index (χ2n) is 7.73. The minimum Gasteiger partial charge on any atom is -0.508 e. The quantitative estimate of drug-likeness (QED) is 0.743. The van der Waals surface area contributed by atoms with E-state index in [-0.39, 0.29) is 10.8 Å². The average Bonchev–Trinajstić information content (AvgIpc) is 2.16. The summed E-state index contributed by atoms with van der Waals surface area (Å²) < 4.78 is 0. The maximum absolute atomic E-state index is 10.6. The fraction of sp³-hybridized carbons (Fsp3) is 0.647. The van der Waals surface area contributed by atoms with Gasteiger partial charge in [-0.2, -0.15) is 0 Å². The first-order chi connectivity index (χ1) is 8.43. The van der Waals surface area contributed by atoms with Crippen molar-refractivity contribution in [3.05, 3.63) is 34.8 Å². The van der Waals surface area contributed by atoms with Crippen LogP contribution in [0.15, 0.2) is 34.8 Å². The summed E-state index contributed by atoms with van der Waals surface area (Å²) >= 11 is 0. The Morgan fingerprint density at radius 3 is 1.95 bits per heavy atom. The Labute approximate surface area is 118 Å². The molecule has 0 aliphatic heterocycles. The monoisotopic (exact) mass is 263 g/mol. The van der Waals surface area contributed by atoms with Crippen molar-refractivity contribution >= 4 is 0 Å². The molecule has 0 bridgehead atoms. The van der Waals surface area contributed by atoms with Crippen molar-refractivity contribution in [2.45, 2.75) is 48.0 Å². The van der Waals surface area contributed by atoms with Gasteiger partial charge in [0, 0.05) is 20.3 Å². The zero-order chi connectivity index (χ0) is 15.0. The molecular weight excluding hydrogens is 234 g/mol. The Hall–Kier alpha value is -1.18. The van der Waals surface area contributed by atoms with Gasteiger partial charge in [-0.05, 0) is 40.0 Å². The molecule has 0 saturated carbocycles. The van der Waals surface area contributed by atoms with E-state index in [0.717, 1.165) is 17.6 Å². The van der Waals surface area contributed by atoms with Crippen LogP contribution in [0.25, 0.3) is 0 Å². The topological polar surface area (TPSA) is 23.5 Å². The van der Waals surface area contributed by atoms with Crippen LogP contribution < -0.4 is 0 Å². The summed E-state index contributed by atoms with van der Waals surface area (Å²) in [4.78, 5) is 2.06. The third kappa shape index (κ3) is 3.89. The van der Waals surface area contributed by atoms with Gasteiger partial charge in [0.25, 0.3) is 0 Å². The van der Waals surface area contributed by atoms with Gasteiger partial charge in [0.2, 0.25) is 0 Å². The van der Waals surface area contributed by atoms with Crippen LogP contribution in [0, 0.1) is 10.8 Å². The maximum atomic E-state index is 10.6. The Kier molecular flexibility index (Phi) is 4.23. The number of aliphatic hydroxyl groups excluding tert-OH is 1. The molecule has 108 valence electrons. The van der Waals surface area contributed by atoms with E-state index in [1.807, 2.05) is 14.1 Å². The van der Waals surface area contributed by atoms with Crippen molar-refractivity contribution in [1.29, 1.82) is 0 Å². The zero-order valence-corrected chi connectivity index (χ0v) is 13.8. The van der Waals surface area contributed by atoms with E-state index in [1.54, 1.807) is 0 Å². The third-order valence-corrected chi connectivity index (χ3v) is 3.39. The van der Waals surface area contributed by atoms with Crippen LogP contribution >= 0.6 is 0 Å². The van der Waals surface area contributed by atoms with Gasteiger partial charge in [0.1, 0.15) is 5.76 Å². The molecule has 1 aliphatic carbocycles. The molecule has 0 unspecified atom stereocenters. The smallest absolute Gasteiger partial charge is 0.119 e. The van der Waals surface area contributed by atoms with E-state index in [1.165, 1.54) is 5.57 Å². The summed E-state index contributed by atoms with van der Waals surface area (Å²) in [6.45, 7) is 12.9. The average molecular weight is 263 g/mol. The molecule has 0 heterocycles. The summed E-state index contributed by atoms with van der Waals surface area (Å²) in [5.41, 5.74) is 3.37. The van der Waals surface area contributed by atoms with Crippen molar-refractivity contribution in [2.24, 2.45) is 10.8 Å². The van der Waals surface area contributed by atoms with Gasteiger partial charge in [0.15, 0.2) is 0 Å². The summed E-state index contributed by atoms with van der Waals surface area (Å²) in [5, 5.41) is 10.6. The molecule has 0 radical (unpaired) electrons. The predicted octanol–water partition coefficient (Wildman–Crippen LogP) is 4.67. The van der Waals surface area contributed by atoms with Crippen LogP contribution in [0.1, 0.15) is 48.0 Å². The molecule has 0 aromatic heterocycles. The highest BCUT2D eigenvalue weighted by Gasteiger charge is 2.31. The first-order valence-corrected chi connectivity index (χ1v) is 6.95. The number of hydrogen-bond donors (Lipinski definition) is 1. The van der Waals surface area contributed by atoms with Crippen LogP contribution in [-0.2, 0) is 0 Å². The van der Waals surface area contributed by atoms with E-state index in [4.69, 9.17) is 0 Å². The first kappa shape index (κ1) is 15.9. The molecule has 0 spiro atoms. The van der Waals surface area contributed by atoms with Crippen LogP contribution in [0.5, 0.6) is 0 Å². The summed E-state index contributed by atoms with van der Waals surface area (Å²) in [5.74, 6) is 0.496. The fourth-order valence-electron chi connectivity index (χ4n) is 2.36. The third-order valence-electron chi connectivity index (χ3n) is 3.39.